The quantitative estimate of drug-likeness (QED) is 0.664. The van der Waals surface area contributed by atoms with Gasteiger partial charge < -0.3 is 20.1 Å². The van der Waals surface area contributed by atoms with Gasteiger partial charge in [-0.3, -0.25) is 0 Å². The van der Waals surface area contributed by atoms with Crippen molar-refractivity contribution in [1.29, 1.82) is 0 Å². The Balaban J connectivity index is 1.70. The van der Waals surface area contributed by atoms with E-state index in [0.29, 0.717) is 18.6 Å². The number of rotatable bonds is 5. The topological polar surface area (TPSA) is 60.1 Å². The molecule has 1 saturated carbocycles. The lowest BCUT2D eigenvalue weighted by Crippen LogP contribution is -2.40. The summed E-state index contributed by atoms with van der Waals surface area (Å²) in [6, 6.07) is 5.97. The lowest BCUT2D eigenvalue weighted by atomic mass is 10.1. The summed E-state index contributed by atoms with van der Waals surface area (Å²) in [5, 5.41) is 0. The Kier molecular flexibility index (Phi) is 5.83. The zero-order valence-corrected chi connectivity index (χ0v) is 14.7. The third-order valence-corrected chi connectivity index (χ3v) is 4.96. The van der Waals surface area contributed by atoms with Gasteiger partial charge in [-0.1, -0.05) is 0 Å². The first-order chi connectivity index (χ1) is 11.8. The summed E-state index contributed by atoms with van der Waals surface area (Å²) in [7, 11) is 1.68. The highest BCUT2D eigenvalue weighted by Gasteiger charge is 2.19. The monoisotopic (exact) mass is 331 g/mol. The number of likely N-dealkylation sites (tertiary alicyclic amines) is 1. The fourth-order valence-electron chi connectivity index (χ4n) is 3.48. The van der Waals surface area contributed by atoms with Crippen LogP contribution in [0.1, 0.15) is 50.5 Å². The number of aliphatic imine (C=N–C) groups is 1. The average Bonchev–Trinajstić information content (AvgIpc) is 3.14. The Morgan fingerprint density at radius 2 is 1.92 bits per heavy atom. The minimum Gasteiger partial charge on any atom is -0.497 e. The maximum atomic E-state index is 6.22. The van der Waals surface area contributed by atoms with Gasteiger partial charge in [-0.25, -0.2) is 4.99 Å². The average molecular weight is 331 g/mol. The molecular weight excluding hydrogens is 302 g/mol. The van der Waals surface area contributed by atoms with E-state index in [-0.39, 0.29) is 0 Å². The zero-order valence-electron chi connectivity index (χ0n) is 14.7. The van der Waals surface area contributed by atoms with Gasteiger partial charge in [-0.2, -0.15) is 0 Å². The van der Waals surface area contributed by atoms with Gasteiger partial charge in [0.25, 0.3) is 0 Å². The van der Waals surface area contributed by atoms with Crippen LogP contribution in [0.4, 0.5) is 0 Å². The number of methoxy groups -OCH3 is 1. The smallest absolute Gasteiger partial charge is 0.191 e. The fraction of sp³-hybridized carbons (Fsp3) is 0.632. The highest BCUT2D eigenvalue weighted by Crippen LogP contribution is 2.30. The molecule has 0 atom stereocenters. The molecule has 1 aliphatic heterocycles. The first kappa shape index (κ1) is 16.9. The van der Waals surface area contributed by atoms with Crippen molar-refractivity contribution < 1.29 is 9.47 Å². The van der Waals surface area contributed by atoms with E-state index in [9.17, 15) is 0 Å². The molecule has 1 saturated heterocycles. The first-order valence-electron chi connectivity index (χ1n) is 9.14. The van der Waals surface area contributed by atoms with Crippen LogP contribution in [0.5, 0.6) is 11.5 Å². The lowest BCUT2D eigenvalue weighted by Gasteiger charge is -2.27. The zero-order chi connectivity index (χ0) is 16.8. The third-order valence-electron chi connectivity index (χ3n) is 4.96. The molecule has 5 heteroatoms. The normalized spacial score (nSPS) is 19.5. The summed E-state index contributed by atoms with van der Waals surface area (Å²) in [5.74, 6) is 2.36. The van der Waals surface area contributed by atoms with Crippen LogP contribution >= 0.6 is 0 Å². The second kappa shape index (κ2) is 8.27. The molecule has 2 fully saturated rings. The van der Waals surface area contributed by atoms with E-state index in [0.717, 1.165) is 43.0 Å². The highest BCUT2D eigenvalue weighted by molar-refractivity contribution is 5.78. The van der Waals surface area contributed by atoms with Crippen LogP contribution in [0, 0.1) is 0 Å². The fourth-order valence-corrected chi connectivity index (χ4v) is 3.48. The lowest BCUT2D eigenvalue weighted by molar-refractivity contribution is 0.207. The Morgan fingerprint density at radius 3 is 2.62 bits per heavy atom. The Morgan fingerprint density at radius 1 is 1.17 bits per heavy atom. The molecule has 2 N–H and O–H groups in total. The second-order valence-corrected chi connectivity index (χ2v) is 6.72. The molecule has 132 valence electrons. The molecule has 1 aromatic carbocycles. The molecule has 0 unspecified atom stereocenters. The minimum absolute atomic E-state index is 0.319. The summed E-state index contributed by atoms with van der Waals surface area (Å²) in [6.45, 7) is 2.58. The number of nitrogens with zero attached hydrogens (tertiary/aromatic N) is 2. The van der Waals surface area contributed by atoms with E-state index in [1.165, 1.54) is 32.1 Å². The molecule has 5 nitrogen and oxygen atoms in total. The van der Waals surface area contributed by atoms with E-state index < -0.39 is 0 Å². The molecular formula is C19H29N3O2. The molecule has 0 amide bonds. The molecule has 0 bridgehead atoms. The third kappa shape index (κ3) is 4.34. The van der Waals surface area contributed by atoms with E-state index in [2.05, 4.69) is 9.89 Å². The molecule has 1 aliphatic carbocycles. The predicted octanol–water partition coefficient (Wildman–Crippen LogP) is 3.32. The van der Waals surface area contributed by atoms with Crippen LogP contribution in [-0.4, -0.2) is 37.2 Å². The molecule has 3 rings (SSSR count). The SMILES string of the molecule is COc1ccc(CN=C(N)N2CCCCC2)c(OC2CCCC2)c1. The number of hydrogen-bond acceptors (Lipinski definition) is 3. The van der Waals surface area contributed by atoms with Crippen molar-refractivity contribution in [3.05, 3.63) is 23.8 Å². The second-order valence-electron chi connectivity index (χ2n) is 6.72. The van der Waals surface area contributed by atoms with Crippen molar-refractivity contribution in [3.63, 3.8) is 0 Å². The van der Waals surface area contributed by atoms with Crippen LogP contribution in [0.15, 0.2) is 23.2 Å². The molecule has 2 aliphatic rings. The van der Waals surface area contributed by atoms with Crippen molar-refractivity contribution in [2.75, 3.05) is 20.2 Å². The highest BCUT2D eigenvalue weighted by atomic mass is 16.5. The van der Waals surface area contributed by atoms with Gasteiger partial charge in [0, 0.05) is 24.7 Å². The molecule has 0 radical (unpaired) electrons. The predicted molar refractivity (Wildman–Crippen MR) is 96.6 cm³/mol. The van der Waals surface area contributed by atoms with Gasteiger partial charge >= 0.3 is 0 Å². The first-order valence-corrected chi connectivity index (χ1v) is 9.14. The maximum absolute atomic E-state index is 6.22. The van der Waals surface area contributed by atoms with Gasteiger partial charge in [0.1, 0.15) is 11.5 Å². The van der Waals surface area contributed by atoms with E-state index in [1.807, 2.05) is 18.2 Å². The van der Waals surface area contributed by atoms with Crippen LogP contribution in [0.2, 0.25) is 0 Å². The maximum Gasteiger partial charge on any atom is 0.191 e. The summed E-state index contributed by atoms with van der Waals surface area (Å²) in [6.07, 6.45) is 8.80. The van der Waals surface area contributed by atoms with Crippen molar-refractivity contribution in [3.8, 4) is 11.5 Å². The van der Waals surface area contributed by atoms with Crippen molar-refractivity contribution >= 4 is 5.96 Å². The Labute approximate surface area is 144 Å². The van der Waals surface area contributed by atoms with E-state index >= 15 is 0 Å². The molecule has 0 spiro atoms. The van der Waals surface area contributed by atoms with Gasteiger partial charge in [-0.15, -0.1) is 0 Å². The summed E-state index contributed by atoms with van der Waals surface area (Å²) in [4.78, 5) is 6.79. The van der Waals surface area contributed by atoms with Gasteiger partial charge in [0.15, 0.2) is 5.96 Å². The van der Waals surface area contributed by atoms with Crippen molar-refractivity contribution in [2.45, 2.75) is 57.6 Å². The summed E-state index contributed by atoms with van der Waals surface area (Å²) in [5.41, 5.74) is 7.25. The minimum atomic E-state index is 0.319. The number of benzene rings is 1. The van der Waals surface area contributed by atoms with Crippen LogP contribution in [0.25, 0.3) is 0 Å². The van der Waals surface area contributed by atoms with E-state index in [4.69, 9.17) is 15.2 Å². The van der Waals surface area contributed by atoms with Gasteiger partial charge in [-0.05, 0) is 57.1 Å². The van der Waals surface area contributed by atoms with Crippen LogP contribution in [0.3, 0.4) is 0 Å². The summed E-state index contributed by atoms with van der Waals surface area (Å²) >= 11 is 0. The van der Waals surface area contributed by atoms with Gasteiger partial charge in [0.2, 0.25) is 0 Å². The van der Waals surface area contributed by atoms with E-state index in [1.54, 1.807) is 7.11 Å². The number of nitrogens with two attached hydrogens (primary N) is 1. The van der Waals surface area contributed by atoms with Crippen LogP contribution in [-0.2, 0) is 6.54 Å². The van der Waals surface area contributed by atoms with Crippen LogP contribution < -0.4 is 15.2 Å². The number of hydrogen-bond donors (Lipinski definition) is 1. The molecule has 1 heterocycles. The summed E-state index contributed by atoms with van der Waals surface area (Å²) < 4.78 is 11.6. The largest absolute Gasteiger partial charge is 0.497 e. The molecule has 24 heavy (non-hydrogen) atoms. The number of piperidine rings is 1. The van der Waals surface area contributed by atoms with Crippen molar-refractivity contribution in [1.82, 2.24) is 4.90 Å². The Bertz CT molecular complexity index is 562. The number of guanidine groups is 1. The molecule has 1 aromatic rings. The number of ether oxygens (including phenoxy) is 2. The Hall–Kier alpha value is -1.91. The van der Waals surface area contributed by atoms with Crippen molar-refractivity contribution in [2.24, 2.45) is 10.7 Å². The standard InChI is InChI=1S/C19H29N3O2/c1-23-17-10-9-15(18(13-17)24-16-7-3-4-8-16)14-21-19(20)22-11-5-2-6-12-22/h9-10,13,16H,2-8,11-12,14H2,1H3,(H2,20,21). The van der Waals surface area contributed by atoms with Gasteiger partial charge in [0.05, 0.1) is 19.8 Å². The molecule has 0 aromatic heterocycles.